The molecule has 0 spiro atoms. The summed E-state index contributed by atoms with van der Waals surface area (Å²) >= 11 is 5.94. The molecule has 1 aromatic carbocycles. The molecule has 0 aliphatic rings. The molecule has 1 unspecified atom stereocenters. The third-order valence-electron chi connectivity index (χ3n) is 2.40. The first kappa shape index (κ1) is 16.1. The molecule has 0 heterocycles. The number of ether oxygens (including phenoxy) is 2. The first-order valence-electron chi connectivity index (χ1n) is 6.21. The second-order valence-corrected chi connectivity index (χ2v) is 5.71. The van der Waals surface area contributed by atoms with Crippen LogP contribution in [0.1, 0.15) is 20.8 Å². The summed E-state index contributed by atoms with van der Waals surface area (Å²) in [5.74, 6) is 0.604. The molecule has 0 saturated carbocycles. The van der Waals surface area contributed by atoms with E-state index in [0.29, 0.717) is 23.9 Å². The number of anilines is 1. The van der Waals surface area contributed by atoms with Crippen molar-refractivity contribution in [1.29, 1.82) is 0 Å². The molecule has 1 rings (SSSR count). The van der Waals surface area contributed by atoms with Crippen molar-refractivity contribution in [3.8, 4) is 5.75 Å². The fraction of sp³-hybridized carbons (Fsp3) is 0.571. The number of aliphatic hydroxyl groups is 1. The van der Waals surface area contributed by atoms with Crippen LogP contribution in [0.15, 0.2) is 18.2 Å². The third-order valence-corrected chi connectivity index (χ3v) is 2.71. The van der Waals surface area contributed by atoms with Gasteiger partial charge in [0, 0.05) is 18.3 Å². The van der Waals surface area contributed by atoms with E-state index in [9.17, 15) is 5.11 Å². The smallest absolute Gasteiger partial charge is 0.139 e. The fourth-order valence-corrected chi connectivity index (χ4v) is 1.61. The standard InChI is InChI=1S/C14H22ClNO3/c1-14(2,3)19-9-11(17)8-16-10-5-6-12(15)13(7-10)18-4/h5-7,11,16-17H,8-9H2,1-4H3. The number of nitrogens with one attached hydrogen (secondary N) is 1. The van der Waals surface area contributed by atoms with Crippen LogP contribution in [0.3, 0.4) is 0 Å². The van der Waals surface area contributed by atoms with Gasteiger partial charge >= 0.3 is 0 Å². The predicted octanol–water partition coefficient (Wildman–Crippen LogP) is 2.94. The third kappa shape index (κ3) is 6.14. The lowest BCUT2D eigenvalue weighted by Crippen LogP contribution is -2.30. The molecule has 1 atom stereocenters. The van der Waals surface area contributed by atoms with Crippen LogP contribution in [0.5, 0.6) is 5.75 Å². The molecule has 0 bridgehead atoms. The van der Waals surface area contributed by atoms with E-state index in [-0.39, 0.29) is 5.60 Å². The topological polar surface area (TPSA) is 50.7 Å². The van der Waals surface area contributed by atoms with Crippen molar-refractivity contribution in [2.75, 3.05) is 25.6 Å². The molecule has 5 heteroatoms. The van der Waals surface area contributed by atoms with Crippen LogP contribution in [0.4, 0.5) is 5.69 Å². The van der Waals surface area contributed by atoms with Gasteiger partial charge in [0.25, 0.3) is 0 Å². The molecule has 2 N–H and O–H groups in total. The van der Waals surface area contributed by atoms with Gasteiger partial charge in [0.15, 0.2) is 0 Å². The SMILES string of the molecule is COc1cc(NCC(O)COC(C)(C)C)ccc1Cl. The van der Waals surface area contributed by atoms with Crippen LogP contribution in [0, 0.1) is 0 Å². The molecule has 0 aliphatic carbocycles. The van der Waals surface area contributed by atoms with E-state index in [2.05, 4.69) is 5.32 Å². The molecular formula is C14H22ClNO3. The molecule has 0 saturated heterocycles. The van der Waals surface area contributed by atoms with Crippen molar-refractivity contribution < 1.29 is 14.6 Å². The molecule has 0 amide bonds. The summed E-state index contributed by atoms with van der Waals surface area (Å²) in [6.07, 6.45) is -0.569. The maximum absolute atomic E-state index is 9.81. The molecule has 0 radical (unpaired) electrons. The van der Waals surface area contributed by atoms with Crippen LogP contribution in [0.25, 0.3) is 0 Å². The zero-order valence-electron chi connectivity index (χ0n) is 11.9. The second kappa shape index (κ2) is 6.98. The van der Waals surface area contributed by atoms with Crippen molar-refractivity contribution in [3.05, 3.63) is 23.2 Å². The van der Waals surface area contributed by atoms with E-state index in [0.717, 1.165) is 5.69 Å². The molecule has 0 aliphatic heterocycles. The van der Waals surface area contributed by atoms with Gasteiger partial charge in [-0.15, -0.1) is 0 Å². The first-order valence-corrected chi connectivity index (χ1v) is 6.59. The quantitative estimate of drug-likeness (QED) is 0.845. The summed E-state index contributed by atoms with van der Waals surface area (Å²) in [7, 11) is 1.57. The largest absolute Gasteiger partial charge is 0.495 e. The maximum atomic E-state index is 9.81. The molecule has 0 aromatic heterocycles. The molecule has 0 fully saturated rings. The Balaban J connectivity index is 2.44. The van der Waals surface area contributed by atoms with Crippen molar-refractivity contribution in [3.63, 3.8) is 0 Å². The van der Waals surface area contributed by atoms with Gasteiger partial charge in [0.2, 0.25) is 0 Å². The zero-order chi connectivity index (χ0) is 14.5. The summed E-state index contributed by atoms with van der Waals surface area (Å²) < 4.78 is 10.6. The van der Waals surface area contributed by atoms with Gasteiger partial charge in [0.05, 0.1) is 30.4 Å². The lowest BCUT2D eigenvalue weighted by Gasteiger charge is -2.22. The van der Waals surface area contributed by atoms with Gasteiger partial charge in [-0.2, -0.15) is 0 Å². The average molecular weight is 288 g/mol. The fourth-order valence-electron chi connectivity index (χ4n) is 1.41. The van der Waals surface area contributed by atoms with E-state index in [1.165, 1.54) is 0 Å². The van der Waals surface area contributed by atoms with Crippen molar-refractivity contribution in [2.45, 2.75) is 32.5 Å². The van der Waals surface area contributed by atoms with Crippen LogP contribution in [0.2, 0.25) is 5.02 Å². The summed E-state index contributed by atoms with van der Waals surface area (Å²) in [5.41, 5.74) is 0.598. The lowest BCUT2D eigenvalue weighted by molar-refractivity contribution is -0.0449. The lowest BCUT2D eigenvalue weighted by atomic mass is 10.2. The Labute approximate surface area is 119 Å². The van der Waals surface area contributed by atoms with Gasteiger partial charge in [-0.05, 0) is 32.9 Å². The highest BCUT2D eigenvalue weighted by Crippen LogP contribution is 2.27. The Kier molecular flexibility index (Phi) is 5.91. The van der Waals surface area contributed by atoms with Gasteiger partial charge in [-0.3, -0.25) is 0 Å². The Hall–Kier alpha value is -0.970. The molecule has 108 valence electrons. The molecular weight excluding hydrogens is 266 g/mol. The number of benzene rings is 1. The van der Waals surface area contributed by atoms with Gasteiger partial charge in [-0.25, -0.2) is 0 Å². The number of hydrogen-bond donors (Lipinski definition) is 2. The number of methoxy groups -OCH3 is 1. The maximum Gasteiger partial charge on any atom is 0.139 e. The minimum absolute atomic E-state index is 0.246. The van der Waals surface area contributed by atoms with Crippen LogP contribution in [-0.4, -0.2) is 37.1 Å². The van der Waals surface area contributed by atoms with Crippen LogP contribution >= 0.6 is 11.6 Å². The van der Waals surface area contributed by atoms with E-state index < -0.39 is 6.10 Å². The van der Waals surface area contributed by atoms with Crippen LogP contribution in [-0.2, 0) is 4.74 Å². The van der Waals surface area contributed by atoms with Crippen molar-refractivity contribution in [1.82, 2.24) is 0 Å². The number of rotatable bonds is 6. The van der Waals surface area contributed by atoms with Crippen molar-refractivity contribution >= 4 is 17.3 Å². The second-order valence-electron chi connectivity index (χ2n) is 5.31. The highest BCUT2D eigenvalue weighted by molar-refractivity contribution is 6.32. The normalized spacial score (nSPS) is 13.2. The summed E-state index contributed by atoms with van der Waals surface area (Å²) in [6.45, 7) is 6.56. The monoisotopic (exact) mass is 287 g/mol. The van der Waals surface area contributed by atoms with E-state index in [1.54, 1.807) is 19.2 Å². The Bertz CT molecular complexity index is 404. The van der Waals surface area contributed by atoms with E-state index >= 15 is 0 Å². The molecule has 4 nitrogen and oxygen atoms in total. The zero-order valence-corrected chi connectivity index (χ0v) is 12.6. The minimum Gasteiger partial charge on any atom is -0.495 e. The Morgan fingerprint density at radius 3 is 2.63 bits per heavy atom. The minimum atomic E-state index is -0.569. The van der Waals surface area contributed by atoms with Gasteiger partial charge in [-0.1, -0.05) is 11.6 Å². The summed E-state index contributed by atoms with van der Waals surface area (Å²) in [5, 5.41) is 13.5. The number of hydrogen-bond acceptors (Lipinski definition) is 4. The highest BCUT2D eigenvalue weighted by Gasteiger charge is 2.13. The molecule has 19 heavy (non-hydrogen) atoms. The summed E-state index contributed by atoms with van der Waals surface area (Å²) in [6, 6.07) is 5.38. The number of halogens is 1. The summed E-state index contributed by atoms with van der Waals surface area (Å²) in [4.78, 5) is 0. The van der Waals surface area contributed by atoms with E-state index in [4.69, 9.17) is 21.1 Å². The first-order chi connectivity index (χ1) is 8.81. The highest BCUT2D eigenvalue weighted by atomic mass is 35.5. The molecule has 1 aromatic rings. The number of aliphatic hydroxyl groups excluding tert-OH is 1. The van der Waals surface area contributed by atoms with Crippen molar-refractivity contribution in [2.24, 2.45) is 0 Å². The van der Waals surface area contributed by atoms with Gasteiger partial charge < -0.3 is 19.9 Å². The average Bonchev–Trinajstić information content (AvgIpc) is 2.34. The predicted molar refractivity (Wildman–Crippen MR) is 78.2 cm³/mol. The van der Waals surface area contributed by atoms with Gasteiger partial charge in [0.1, 0.15) is 5.75 Å². The van der Waals surface area contributed by atoms with E-state index in [1.807, 2.05) is 26.8 Å². The Morgan fingerprint density at radius 1 is 1.37 bits per heavy atom. The Morgan fingerprint density at radius 2 is 2.05 bits per heavy atom. The van der Waals surface area contributed by atoms with Crippen LogP contribution < -0.4 is 10.1 Å².